The molecule has 0 aliphatic rings. The van der Waals surface area contributed by atoms with E-state index in [4.69, 9.17) is 16.6 Å². The average molecular weight is 453 g/mol. The quantitative estimate of drug-likeness (QED) is 0.272. The molecule has 6 heteroatoms. The molecule has 0 fully saturated rings. The molecule has 2 aromatic heterocycles. The van der Waals surface area contributed by atoms with Crippen molar-refractivity contribution >= 4 is 23.1 Å². The minimum atomic E-state index is -0.461. The van der Waals surface area contributed by atoms with Crippen LogP contribution in [-0.2, 0) is 0 Å². The van der Waals surface area contributed by atoms with Crippen LogP contribution in [0, 0.1) is 5.82 Å². The van der Waals surface area contributed by atoms with Crippen molar-refractivity contribution in [3.8, 4) is 16.9 Å². The number of imidazole rings is 1. The number of pyridine rings is 1. The summed E-state index contributed by atoms with van der Waals surface area (Å²) in [4.78, 5) is 13.7. The van der Waals surface area contributed by atoms with Crippen LogP contribution in [0.4, 0.5) is 10.2 Å². The third-order valence-corrected chi connectivity index (χ3v) is 5.47. The van der Waals surface area contributed by atoms with Crippen molar-refractivity contribution in [3.05, 3.63) is 132 Å². The van der Waals surface area contributed by atoms with Crippen molar-refractivity contribution in [2.24, 2.45) is 4.99 Å². The molecule has 0 bridgehead atoms. The van der Waals surface area contributed by atoms with Gasteiger partial charge in [-0.25, -0.2) is 19.4 Å². The van der Waals surface area contributed by atoms with Crippen LogP contribution in [0.1, 0.15) is 11.1 Å². The molecule has 0 aliphatic carbocycles. The van der Waals surface area contributed by atoms with Crippen molar-refractivity contribution in [2.45, 2.75) is 0 Å². The number of aromatic nitrogens is 3. The van der Waals surface area contributed by atoms with Gasteiger partial charge in [0.2, 0.25) is 0 Å². The second-order valence-electron chi connectivity index (χ2n) is 7.34. The zero-order valence-corrected chi connectivity index (χ0v) is 18.2. The van der Waals surface area contributed by atoms with E-state index in [9.17, 15) is 4.39 Å². The van der Waals surface area contributed by atoms with Gasteiger partial charge in [0.25, 0.3) is 0 Å². The first kappa shape index (κ1) is 20.8. The second kappa shape index (κ2) is 9.18. The van der Waals surface area contributed by atoms with E-state index < -0.39 is 5.82 Å². The second-order valence-corrected chi connectivity index (χ2v) is 7.75. The van der Waals surface area contributed by atoms with Gasteiger partial charge in [-0.05, 0) is 30.3 Å². The molecule has 0 radical (unpaired) electrons. The molecule has 2 heterocycles. The van der Waals surface area contributed by atoms with Gasteiger partial charge in [-0.15, -0.1) is 0 Å². The molecule has 160 valence electrons. The van der Waals surface area contributed by atoms with Crippen LogP contribution in [-0.4, -0.2) is 20.2 Å². The monoisotopic (exact) mass is 452 g/mol. The van der Waals surface area contributed by atoms with E-state index >= 15 is 0 Å². The summed E-state index contributed by atoms with van der Waals surface area (Å²) in [5.74, 6) is 0.108. The molecule has 5 rings (SSSR count). The fourth-order valence-electron chi connectivity index (χ4n) is 3.59. The highest BCUT2D eigenvalue weighted by atomic mass is 35.5. The minimum Gasteiger partial charge on any atom is -0.299 e. The summed E-state index contributed by atoms with van der Waals surface area (Å²) in [5.41, 5.74) is 5.24. The smallest absolute Gasteiger partial charge is 0.153 e. The zero-order valence-electron chi connectivity index (χ0n) is 17.4. The van der Waals surface area contributed by atoms with Gasteiger partial charge in [0, 0.05) is 28.6 Å². The van der Waals surface area contributed by atoms with Crippen molar-refractivity contribution in [1.82, 2.24) is 14.5 Å². The van der Waals surface area contributed by atoms with Crippen LogP contribution < -0.4 is 0 Å². The fraction of sp³-hybridized carbons (Fsp3) is 0. The van der Waals surface area contributed by atoms with Crippen LogP contribution in [0.2, 0.25) is 5.02 Å². The molecule has 0 saturated carbocycles. The van der Waals surface area contributed by atoms with Crippen molar-refractivity contribution in [3.63, 3.8) is 0 Å². The maximum absolute atomic E-state index is 13.6. The number of hydrogen-bond acceptors (Lipinski definition) is 3. The van der Waals surface area contributed by atoms with Crippen molar-refractivity contribution < 1.29 is 4.39 Å². The van der Waals surface area contributed by atoms with Crippen molar-refractivity contribution in [2.75, 3.05) is 0 Å². The third kappa shape index (κ3) is 4.45. The molecule has 0 amide bonds. The third-order valence-electron chi connectivity index (χ3n) is 5.18. The standard InChI is InChI=1S/C27H18ClFN4/c28-23-16-22(11-12-24(23)29)33-18-30-17-25(33)21-13-14-31-26(15-21)32-27(19-7-3-1-4-8-19)20-9-5-2-6-10-20/h1-18H. The van der Waals surface area contributed by atoms with Crippen LogP contribution in [0.15, 0.2) is 115 Å². The molecular weight excluding hydrogens is 435 g/mol. The minimum absolute atomic E-state index is 0.0579. The van der Waals surface area contributed by atoms with Crippen LogP contribution in [0.25, 0.3) is 16.9 Å². The highest BCUT2D eigenvalue weighted by Gasteiger charge is 2.12. The van der Waals surface area contributed by atoms with E-state index in [0.717, 1.165) is 28.1 Å². The Morgan fingerprint density at radius 3 is 2.21 bits per heavy atom. The largest absolute Gasteiger partial charge is 0.299 e. The Balaban J connectivity index is 1.58. The van der Waals surface area contributed by atoms with Crippen LogP contribution >= 0.6 is 11.6 Å². The van der Waals surface area contributed by atoms with E-state index in [1.165, 1.54) is 6.07 Å². The first-order valence-electron chi connectivity index (χ1n) is 10.3. The Labute approximate surface area is 195 Å². The first-order chi connectivity index (χ1) is 16.2. The SMILES string of the molecule is Fc1ccc(-n2cncc2-c2ccnc(N=C(c3ccccc3)c3ccccc3)c2)cc1Cl. The summed E-state index contributed by atoms with van der Waals surface area (Å²) in [6.45, 7) is 0. The molecular formula is C27H18ClFN4. The van der Waals surface area contributed by atoms with E-state index in [-0.39, 0.29) is 5.02 Å². The van der Waals surface area contributed by atoms with Crippen molar-refractivity contribution in [1.29, 1.82) is 0 Å². The van der Waals surface area contributed by atoms with Crippen LogP contribution in [0.5, 0.6) is 0 Å². The van der Waals surface area contributed by atoms with Gasteiger partial charge in [-0.1, -0.05) is 72.3 Å². The Kier molecular flexibility index (Phi) is 5.79. The molecule has 0 N–H and O–H groups in total. The molecule has 0 aliphatic heterocycles. The number of halogens is 2. The maximum Gasteiger partial charge on any atom is 0.153 e. The number of hydrogen-bond donors (Lipinski definition) is 0. The van der Waals surface area contributed by atoms with Gasteiger partial charge in [0.05, 0.1) is 29.0 Å². The summed E-state index contributed by atoms with van der Waals surface area (Å²) in [6.07, 6.45) is 5.13. The zero-order chi connectivity index (χ0) is 22.6. The maximum atomic E-state index is 13.6. The summed E-state index contributed by atoms with van der Waals surface area (Å²) in [7, 11) is 0. The summed E-state index contributed by atoms with van der Waals surface area (Å²) in [5, 5.41) is 0.0579. The van der Waals surface area contributed by atoms with Crippen LogP contribution in [0.3, 0.4) is 0 Å². The average Bonchev–Trinajstić information content (AvgIpc) is 3.36. The number of nitrogens with zero attached hydrogens (tertiary/aromatic N) is 4. The van der Waals surface area contributed by atoms with E-state index in [2.05, 4.69) is 9.97 Å². The van der Waals surface area contributed by atoms with Gasteiger partial charge in [-0.3, -0.25) is 4.57 Å². The van der Waals surface area contributed by atoms with Gasteiger partial charge in [-0.2, -0.15) is 0 Å². The lowest BCUT2D eigenvalue weighted by molar-refractivity contribution is 0.628. The highest BCUT2D eigenvalue weighted by Crippen LogP contribution is 2.27. The molecule has 3 aromatic carbocycles. The normalized spacial score (nSPS) is 10.7. The highest BCUT2D eigenvalue weighted by molar-refractivity contribution is 6.30. The van der Waals surface area contributed by atoms with Gasteiger partial charge >= 0.3 is 0 Å². The van der Waals surface area contributed by atoms with E-state index in [1.807, 2.05) is 77.4 Å². The lowest BCUT2D eigenvalue weighted by atomic mass is 10.0. The molecule has 0 spiro atoms. The molecule has 0 atom stereocenters. The first-order valence-corrected chi connectivity index (χ1v) is 10.7. The molecule has 0 unspecified atom stereocenters. The van der Waals surface area contributed by atoms with Gasteiger partial charge < -0.3 is 0 Å². The summed E-state index contributed by atoms with van der Waals surface area (Å²) in [6, 6.07) is 28.4. The lowest BCUT2D eigenvalue weighted by Gasteiger charge is -2.10. The van der Waals surface area contributed by atoms with Gasteiger partial charge in [0.15, 0.2) is 5.82 Å². The fourth-order valence-corrected chi connectivity index (χ4v) is 3.77. The lowest BCUT2D eigenvalue weighted by Crippen LogP contribution is -2.03. The Hall–Kier alpha value is -4.09. The summed E-state index contributed by atoms with van der Waals surface area (Å²) < 4.78 is 15.5. The predicted octanol–water partition coefficient (Wildman–Crippen LogP) is 6.90. The Bertz CT molecular complexity index is 1390. The molecule has 0 saturated heterocycles. The topological polar surface area (TPSA) is 43.1 Å². The molecule has 33 heavy (non-hydrogen) atoms. The van der Waals surface area contributed by atoms with E-state index in [1.54, 1.807) is 30.9 Å². The van der Waals surface area contributed by atoms with E-state index in [0.29, 0.717) is 11.5 Å². The number of benzene rings is 3. The van der Waals surface area contributed by atoms with Gasteiger partial charge in [0.1, 0.15) is 5.82 Å². The molecule has 5 aromatic rings. The Morgan fingerprint density at radius 2 is 1.55 bits per heavy atom. The number of aliphatic imine (C=N–C) groups is 1. The molecule has 4 nitrogen and oxygen atoms in total. The Morgan fingerprint density at radius 1 is 0.848 bits per heavy atom. The summed E-state index contributed by atoms with van der Waals surface area (Å²) >= 11 is 5.99. The predicted molar refractivity (Wildman–Crippen MR) is 130 cm³/mol. The number of rotatable bonds is 5.